The van der Waals surface area contributed by atoms with Crippen molar-refractivity contribution in [3.05, 3.63) is 58.3 Å². The number of carbonyl (C=O) groups is 1. The van der Waals surface area contributed by atoms with E-state index in [2.05, 4.69) is 4.98 Å². The Morgan fingerprint density at radius 1 is 1.16 bits per heavy atom. The maximum absolute atomic E-state index is 13.0. The fraction of sp³-hybridized carbons (Fsp3) is 0.368. The quantitative estimate of drug-likeness (QED) is 0.785. The number of fused-ring (bicyclic) bond motifs is 2. The average Bonchev–Trinajstić information content (AvgIpc) is 2.86. The summed E-state index contributed by atoms with van der Waals surface area (Å²) in [4.78, 5) is 19.1. The molecule has 2 aromatic rings. The smallest absolute Gasteiger partial charge is 0.255 e. The summed E-state index contributed by atoms with van der Waals surface area (Å²) in [6, 6.07) is 9.21. The van der Waals surface area contributed by atoms with Gasteiger partial charge in [0.2, 0.25) is 0 Å². The zero-order chi connectivity index (χ0) is 17.4. The molecule has 2 atom stereocenters. The third kappa shape index (κ3) is 3.33. The first-order valence-corrected chi connectivity index (χ1v) is 9.22. The Hall–Kier alpha value is -1.78. The van der Waals surface area contributed by atoms with Crippen LogP contribution in [-0.4, -0.2) is 34.0 Å². The van der Waals surface area contributed by atoms with Gasteiger partial charge in [-0.1, -0.05) is 23.2 Å². The Kier molecular flexibility index (Phi) is 4.57. The summed E-state index contributed by atoms with van der Waals surface area (Å²) < 4.78 is 6.07. The molecule has 3 heterocycles. The normalized spacial score (nSPS) is 25.0. The van der Waals surface area contributed by atoms with Crippen molar-refractivity contribution in [3.8, 4) is 5.75 Å². The lowest BCUT2D eigenvalue weighted by molar-refractivity contribution is 0.0358. The lowest BCUT2D eigenvalue weighted by atomic mass is 9.98. The molecule has 2 fully saturated rings. The Morgan fingerprint density at radius 2 is 1.92 bits per heavy atom. The van der Waals surface area contributed by atoms with Gasteiger partial charge >= 0.3 is 0 Å². The van der Waals surface area contributed by atoms with Gasteiger partial charge in [0.15, 0.2) is 0 Å². The second-order valence-electron chi connectivity index (χ2n) is 6.62. The van der Waals surface area contributed by atoms with Gasteiger partial charge in [-0.2, -0.15) is 0 Å². The predicted molar refractivity (Wildman–Crippen MR) is 97.3 cm³/mol. The van der Waals surface area contributed by atoms with Crippen LogP contribution in [0.3, 0.4) is 0 Å². The molecule has 2 aliphatic heterocycles. The molecule has 0 N–H and O–H groups in total. The van der Waals surface area contributed by atoms with Crippen LogP contribution in [0.5, 0.6) is 5.75 Å². The van der Waals surface area contributed by atoms with Gasteiger partial charge in [-0.3, -0.25) is 9.78 Å². The molecule has 2 saturated heterocycles. The molecular formula is C19H18Cl2N2O2. The molecule has 130 valence electrons. The number of hydrogen-bond acceptors (Lipinski definition) is 3. The lowest BCUT2D eigenvalue weighted by Crippen LogP contribution is -2.49. The minimum absolute atomic E-state index is 0.00556. The van der Waals surface area contributed by atoms with E-state index >= 15 is 0 Å². The van der Waals surface area contributed by atoms with Gasteiger partial charge in [-0.05, 0) is 43.2 Å². The summed E-state index contributed by atoms with van der Waals surface area (Å²) in [6.45, 7) is 0. The van der Waals surface area contributed by atoms with Gasteiger partial charge in [0.25, 0.3) is 5.91 Å². The van der Waals surface area contributed by atoms with E-state index in [1.165, 1.54) is 0 Å². The molecule has 4 nitrogen and oxygen atoms in total. The van der Waals surface area contributed by atoms with Gasteiger partial charge in [0, 0.05) is 36.1 Å². The Balaban J connectivity index is 1.49. The Morgan fingerprint density at radius 3 is 2.56 bits per heavy atom. The van der Waals surface area contributed by atoms with Crippen molar-refractivity contribution in [1.29, 1.82) is 0 Å². The molecule has 0 radical (unpaired) electrons. The highest BCUT2D eigenvalue weighted by molar-refractivity contribution is 6.36. The van der Waals surface area contributed by atoms with Crippen LogP contribution in [-0.2, 0) is 0 Å². The van der Waals surface area contributed by atoms with Crippen LogP contribution in [0.2, 0.25) is 10.0 Å². The highest BCUT2D eigenvalue weighted by Crippen LogP contribution is 2.39. The molecule has 2 bridgehead atoms. The van der Waals surface area contributed by atoms with E-state index in [1.54, 1.807) is 30.6 Å². The molecular weight excluding hydrogens is 359 g/mol. The second-order valence-corrected chi connectivity index (χ2v) is 7.47. The second kappa shape index (κ2) is 6.85. The standard InChI is InChI=1S/C19H18Cl2N2O2/c20-12-3-6-17(18(21)8-12)19(24)23-13-4-5-14(23)10-16(9-13)25-15-2-1-7-22-11-15/h1-3,6-8,11,13-14,16H,4-5,9-10H2. The largest absolute Gasteiger partial charge is 0.489 e. The van der Waals surface area contributed by atoms with E-state index in [0.717, 1.165) is 31.4 Å². The van der Waals surface area contributed by atoms with Crippen molar-refractivity contribution in [2.75, 3.05) is 0 Å². The number of rotatable bonds is 3. The molecule has 1 aromatic carbocycles. The van der Waals surface area contributed by atoms with Crippen LogP contribution in [0, 0.1) is 0 Å². The lowest BCUT2D eigenvalue weighted by Gasteiger charge is -2.39. The monoisotopic (exact) mass is 376 g/mol. The SMILES string of the molecule is O=C(c1ccc(Cl)cc1Cl)N1C2CCC1CC(Oc1cccnc1)C2. The number of nitrogens with zero attached hydrogens (tertiary/aromatic N) is 2. The van der Waals surface area contributed by atoms with Gasteiger partial charge < -0.3 is 9.64 Å². The van der Waals surface area contributed by atoms with Crippen molar-refractivity contribution in [3.63, 3.8) is 0 Å². The van der Waals surface area contributed by atoms with Crippen LogP contribution in [0.1, 0.15) is 36.0 Å². The molecule has 4 rings (SSSR count). The number of piperidine rings is 1. The highest BCUT2D eigenvalue weighted by atomic mass is 35.5. The summed E-state index contributed by atoms with van der Waals surface area (Å²) in [5, 5.41) is 0.943. The average molecular weight is 377 g/mol. The minimum Gasteiger partial charge on any atom is -0.489 e. The zero-order valence-corrected chi connectivity index (χ0v) is 15.1. The number of amides is 1. The van der Waals surface area contributed by atoms with E-state index in [4.69, 9.17) is 27.9 Å². The number of halogens is 2. The van der Waals surface area contributed by atoms with E-state index in [9.17, 15) is 4.79 Å². The molecule has 0 saturated carbocycles. The third-order valence-electron chi connectivity index (χ3n) is 5.02. The summed E-state index contributed by atoms with van der Waals surface area (Å²) in [5.41, 5.74) is 0.523. The van der Waals surface area contributed by atoms with Crippen LogP contribution < -0.4 is 4.74 Å². The molecule has 1 aromatic heterocycles. The summed E-state index contributed by atoms with van der Waals surface area (Å²) in [5.74, 6) is 0.779. The first kappa shape index (κ1) is 16.7. The van der Waals surface area contributed by atoms with E-state index in [1.807, 2.05) is 17.0 Å². The summed E-state index contributed by atoms with van der Waals surface area (Å²) in [6.07, 6.45) is 7.26. The first-order chi connectivity index (χ1) is 12.1. The van der Waals surface area contributed by atoms with Crippen molar-refractivity contribution >= 4 is 29.1 Å². The van der Waals surface area contributed by atoms with E-state index in [-0.39, 0.29) is 24.1 Å². The Labute approximate surface area is 156 Å². The zero-order valence-electron chi connectivity index (χ0n) is 13.6. The number of carbonyl (C=O) groups excluding carboxylic acids is 1. The van der Waals surface area contributed by atoms with Gasteiger partial charge in [0.05, 0.1) is 16.8 Å². The van der Waals surface area contributed by atoms with Crippen LogP contribution in [0.4, 0.5) is 0 Å². The molecule has 0 aliphatic carbocycles. The van der Waals surface area contributed by atoms with Crippen molar-refractivity contribution in [1.82, 2.24) is 9.88 Å². The van der Waals surface area contributed by atoms with E-state index < -0.39 is 0 Å². The highest BCUT2D eigenvalue weighted by Gasteiger charge is 2.44. The first-order valence-electron chi connectivity index (χ1n) is 8.46. The number of benzene rings is 1. The van der Waals surface area contributed by atoms with Gasteiger partial charge in [-0.25, -0.2) is 0 Å². The molecule has 25 heavy (non-hydrogen) atoms. The fourth-order valence-electron chi connectivity index (χ4n) is 3.97. The molecule has 0 spiro atoms. The third-order valence-corrected chi connectivity index (χ3v) is 5.57. The summed E-state index contributed by atoms with van der Waals surface area (Å²) in [7, 11) is 0. The Bertz CT molecular complexity index is 770. The number of pyridine rings is 1. The van der Waals surface area contributed by atoms with Gasteiger partial charge in [0.1, 0.15) is 11.9 Å². The van der Waals surface area contributed by atoms with Crippen LogP contribution >= 0.6 is 23.2 Å². The molecule has 6 heteroatoms. The number of hydrogen-bond donors (Lipinski definition) is 0. The molecule has 2 aliphatic rings. The molecule has 1 amide bonds. The van der Waals surface area contributed by atoms with Crippen LogP contribution in [0.25, 0.3) is 0 Å². The number of aromatic nitrogens is 1. The van der Waals surface area contributed by atoms with Gasteiger partial charge in [-0.15, -0.1) is 0 Å². The minimum atomic E-state index is -0.00556. The van der Waals surface area contributed by atoms with Crippen molar-refractivity contribution in [2.24, 2.45) is 0 Å². The topological polar surface area (TPSA) is 42.4 Å². The maximum atomic E-state index is 13.0. The van der Waals surface area contributed by atoms with Crippen molar-refractivity contribution in [2.45, 2.75) is 43.9 Å². The summed E-state index contributed by atoms with van der Waals surface area (Å²) >= 11 is 12.2. The van der Waals surface area contributed by atoms with Crippen molar-refractivity contribution < 1.29 is 9.53 Å². The van der Waals surface area contributed by atoms with Crippen LogP contribution in [0.15, 0.2) is 42.7 Å². The molecule has 2 unspecified atom stereocenters. The van der Waals surface area contributed by atoms with E-state index in [0.29, 0.717) is 15.6 Å². The predicted octanol–water partition coefficient (Wildman–Crippen LogP) is 4.60. The fourth-order valence-corrected chi connectivity index (χ4v) is 4.46. The number of ether oxygens (including phenoxy) is 1. The maximum Gasteiger partial charge on any atom is 0.255 e.